The number of nitrogens with zero attached hydrogens (tertiary/aromatic N) is 1. The van der Waals surface area contributed by atoms with E-state index in [2.05, 4.69) is 11.8 Å². The third-order valence-electron chi connectivity index (χ3n) is 4.96. The largest absolute Gasteiger partial charge is 0.424 e. The van der Waals surface area contributed by atoms with Crippen LogP contribution in [0.25, 0.3) is 5.57 Å². The zero-order chi connectivity index (χ0) is 22.6. The second-order valence-corrected chi connectivity index (χ2v) is 9.38. The molecule has 0 bridgehead atoms. The first-order valence-corrected chi connectivity index (χ1v) is 11.7. The highest BCUT2D eigenvalue weighted by molar-refractivity contribution is 7.89. The third-order valence-corrected chi connectivity index (χ3v) is 6.12. The van der Waals surface area contributed by atoms with Gasteiger partial charge in [0.2, 0.25) is 15.6 Å². The first-order chi connectivity index (χ1) is 13.9. The number of rotatable bonds is 6. The third kappa shape index (κ3) is 5.25. The van der Waals surface area contributed by atoms with Crippen molar-refractivity contribution in [2.45, 2.75) is 64.1 Å². The lowest BCUT2D eigenvalue weighted by atomic mass is 9.84. The molecule has 1 heterocycles. The number of aryl methyl sites for hydroxylation is 1. The highest BCUT2D eigenvalue weighted by Crippen LogP contribution is 2.46. The normalized spacial score (nSPS) is 19.9. The van der Waals surface area contributed by atoms with Crippen molar-refractivity contribution in [2.75, 3.05) is 6.26 Å². The highest BCUT2D eigenvalue weighted by Gasteiger charge is 2.63. The first-order valence-electron chi connectivity index (χ1n) is 9.81. The summed E-state index contributed by atoms with van der Waals surface area (Å²) < 4.78 is 67.4. The maximum atomic E-state index is 14.3. The van der Waals surface area contributed by atoms with Crippen LogP contribution >= 0.6 is 0 Å². The molecule has 1 unspecified atom stereocenters. The quantitative estimate of drug-likeness (QED) is 0.469. The van der Waals surface area contributed by atoms with Gasteiger partial charge in [-0.2, -0.15) is 13.2 Å². The lowest BCUT2D eigenvalue weighted by Gasteiger charge is -2.42. The van der Waals surface area contributed by atoms with Gasteiger partial charge in [0, 0.05) is 18.9 Å². The monoisotopic (exact) mass is 441 g/mol. The van der Waals surface area contributed by atoms with E-state index in [4.69, 9.17) is 0 Å². The average molecular weight is 442 g/mol. The summed E-state index contributed by atoms with van der Waals surface area (Å²) in [6.07, 6.45) is -0.700. The summed E-state index contributed by atoms with van der Waals surface area (Å²) in [6, 6.07) is 6.67. The fourth-order valence-electron chi connectivity index (χ4n) is 3.42. The van der Waals surface area contributed by atoms with Gasteiger partial charge in [-0.05, 0) is 24.5 Å². The number of unbranched alkanes of at least 4 members (excludes halogenated alkanes) is 4. The van der Waals surface area contributed by atoms with E-state index in [-0.39, 0.29) is 16.3 Å². The molecule has 4 nitrogen and oxygen atoms in total. The fourth-order valence-corrected chi connectivity index (χ4v) is 4.58. The number of carbonyl (C=O) groups is 1. The van der Waals surface area contributed by atoms with Crippen LogP contribution in [-0.4, -0.2) is 36.6 Å². The standard InChI is InChI=1S/C22H26F3NO3S/c1-4-5-6-7-8-9-14-21(22(23,24)25)16-19(18-12-10-17(2)11-13-18)15-20(27)26(21)30(3,28)29/h10-13,15H,4-8,16H2,1-3H3. The molecule has 2 rings (SSSR count). The molecular formula is C22H26F3NO3S. The summed E-state index contributed by atoms with van der Waals surface area (Å²) in [5.74, 6) is 3.43. The Bertz CT molecular complexity index is 970. The molecule has 8 heteroatoms. The van der Waals surface area contributed by atoms with Crippen LogP contribution < -0.4 is 0 Å². The van der Waals surface area contributed by atoms with Crippen molar-refractivity contribution in [1.29, 1.82) is 0 Å². The Balaban J connectivity index is 2.57. The van der Waals surface area contributed by atoms with Crippen LogP contribution in [0.15, 0.2) is 30.3 Å². The van der Waals surface area contributed by atoms with Gasteiger partial charge in [-0.15, -0.1) is 5.92 Å². The molecule has 1 aromatic carbocycles. The smallest absolute Gasteiger partial charge is 0.269 e. The maximum absolute atomic E-state index is 14.3. The van der Waals surface area contributed by atoms with Gasteiger partial charge in [0.15, 0.2) is 0 Å². The minimum atomic E-state index is -5.06. The Kier molecular flexibility index (Phi) is 7.40. The summed E-state index contributed by atoms with van der Waals surface area (Å²) in [6.45, 7) is 3.85. The lowest BCUT2D eigenvalue weighted by Crippen LogP contribution is -2.63. The van der Waals surface area contributed by atoms with E-state index in [1.54, 1.807) is 24.3 Å². The average Bonchev–Trinajstić information content (AvgIpc) is 2.62. The molecule has 1 aliphatic heterocycles. The zero-order valence-electron chi connectivity index (χ0n) is 17.3. The lowest BCUT2D eigenvalue weighted by molar-refractivity contribution is -0.198. The minimum absolute atomic E-state index is 0.100. The van der Waals surface area contributed by atoms with E-state index in [9.17, 15) is 26.4 Å². The van der Waals surface area contributed by atoms with E-state index < -0.39 is 34.1 Å². The predicted molar refractivity (Wildman–Crippen MR) is 111 cm³/mol. The summed E-state index contributed by atoms with van der Waals surface area (Å²) in [4.78, 5) is 12.6. The van der Waals surface area contributed by atoms with Crippen LogP contribution in [-0.2, 0) is 14.8 Å². The molecular weight excluding hydrogens is 415 g/mol. The Morgan fingerprint density at radius 3 is 2.30 bits per heavy atom. The molecule has 30 heavy (non-hydrogen) atoms. The second-order valence-electron chi connectivity index (χ2n) is 7.55. The van der Waals surface area contributed by atoms with Crippen molar-refractivity contribution in [2.24, 2.45) is 0 Å². The second kappa shape index (κ2) is 9.25. The Hall–Kier alpha value is -2.27. The van der Waals surface area contributed by atoms with Crippen molar-refractivity contribution >= 4 is 21.5 Å². The van der Waals surface area contributed by atoms with Crippen molar-refractivity contribution in [1.82, 2.24) is 4.31 Å². The van der Waals surface area contributed by atoms with Crippen LogP contribution in [0.1, 0.15) is 56.6 Å². The van der Waals surface area contributed by atoms with E-state index in [1.807, 2.05) is 13.8 Å². The van der Waals surface area contributed by atoms with E-state index in [0.717, 1.165) is 30.9 Å². The van der Waals surface area contributed by atoms with Gasteiger partial charge >= 0.3 is 6.18 Å². The topological polar surface area (TPSA) is 54.5 Å². The van der Waals surface area contributed by atoms with Crippen molar-refractivity contribution < 1.29 is 26.4 Å². The van der Waals surface area contributed by atoms with Gasteiger partial charge in [0.1, 0.15) is 0 Å². The summed E-state index contributed by atoms with van der Waals surface area (Å²) >= 11 is 0. The molecule has 0 spiro atoms. The maximum Gasteiger partial charge on any atom is 0.424 e. The van der Waals surface area contributed by atoms with E-state index in [0.29, 0.717) is 18.2 Å². The Morgan fingerprint density at radius 1 is 1.13 bits per heavy atom. The van der Waals surface area contributed by atoms with Gasteiger partial charge in [0.25, 0.3) is 5.91 Å². The fraction of sp³-hybridized carbons (Fsp3) is 0.500. The number of hydrogen-bond donors (Lipinski definition) is 0. The van der Waals surface area contributed by atoms with Crippen LogP contribution in [0.2, 0.25) is 0 Å². The van der Waals surface area contributed by atoms with E-state index >= 15 is 0 Å². The molecule has 0 saturated carbocycles. The van der Waals surface area contributed by atoms with Gasteiger partial charge in [0.05, 0.1) is 6.26 Å². The number of amides is 1. The van der Waals surface area contributed by atoms with Crippen molar-refractivity contribution in [3.8, 4) is 11.8 Å². The van der Waals surface area contributed by atoms with Crippen LogP contribution in [0.4, 0.5) is 13.2 Å². The number of benzene rings is 1. The van der Waals surface area contributed by atoms with Crippen LogP contribution in [0.3, 0.4) is 0 Å². The SMILES string of the molecule is CCCCCCC#CC1(C(F)(F)F)CC(c2ccc(C)cc2)=CC(=O)N1S(C)(=O)=O. The van der Waals surface area contributed by atoms with Crippen molar-refractivity contribution in [3.63, 3.8) is 0 Å². The Morgan fingerprint density at radius 2 is 1.77 bits per heavy atom. The number of carbonyl (C=O) groups excluding carboxylic acids is 1. The molecule has 0 aliphatic carbocycles. The molecule has 0 saturated heterocycles. The molecule has 164 valence electrons. The number of alkyl halides is 3. The molecule has 0 radical (unpaired) electrons. The van der Waals surface area contributed by atoms with Gasteiger partial charge in [-0.1, -0.05) is 61.9 Å². The summed E-state index contributed by atoms with van der Waals surface area (Å²) in [5, 5.41) is 0. The summed E-state index contributed by atoms with van der Waals surface area (Å²) in [5.41, 5.74) is -1.68. The van der Waals surface area contributed by atoms with E-state index in [1.165, 1.54) is 0 Å². The number of sulfonamides is 1. The predicted octanol–water partition coefficient (Wildman–Crippen LogP) is 4.85. The zero-order valence-corrected chi connectivity index (χ0v) is 18.2. The van der Waals surface area contributed by atoms with Crippen molar-refractivity contribution in [3.05, 3.63) is 41.5 Å². The minimum Gasteiger partial charge on any atom is -0.269 e. The molecule has 1 aromatic rings. The van der Waals surface area contributed by atoms with Gasteiger partial charge in [-0.3, -0.25) is 4.79 Å². The summed E-state index contributed by atoms with van der Waals surface area (Å²) in [7, 11) is -4.51. The molecule has 1 atom stereocenters. The van der Waals surface area contributed by atoms with Crippen LogP contribution in [0.5, 0.6) is 0 Å². The highest BCUT2D eigenvalue weighted by atomic mass is 32.2. The molecule has 1 amide bonds. The van der Waals surface area contributed by atoms with Gasteiger partial charge < -0.3 is 0 Å². The Labute approximate surface area is 176 Å². The number of halogens is 3. The molecule has 0 aromatic heterocycles. The first kappa shape index (κ1) is 24.0. The molecule has 1 aliphatic rings. The molecule has 0 N–H and O–H groups in total. The van der Waals surface area contributed by atoms with Gasteiger partial charge in [-0.25, -0.2) is 12.7 Å². The number of hydrogen-bond acceptors (Lipinski definition) is 3. The van der Waals surface area contributed by atoms with Crippen LogP contribution in [0, 0.1) is 18.8 Å². The molecule has 0 fully saturated rings.